The molecule has 0 unspecified atom stereocenters. The molecule has 4 rings (SSSR count). The van der Waals surface area contributed by atoms with Crippen LogP contribution in [0, 0.1) is 0 Å². The molecule has 23 heavy (non-hydrogen) atoms. The van der Waals surface area contributed by atoms with Crippen molar-refractivity contribution in [2.75, 3.05) is 18.1 Å². The maximum atomic E-state index is 9.54. The van der Waals surface area contributed by atoms with Crippen molar-refractivity contribution < 1.29 is 5.11 Å². The first-order valence-corrected chi connectivity index (χ1v) is 6.81. The van der Waals surface area contributed by atoms with Crippen LogP contribution in [0.25, 0.3) is 27.9 Å². The van der Waals surface area contributed by atoms with Crippen LogP contribution in [0.2, 0.25) is 0 Å². The molecule has 4 heterocycles. The second-order valence-electron chi connectivity index (χ2n) is 4.93. The molecular formula is C14H12N8O. The maximum absolute atomic E-state index is 9.54. The van der Waals surface area contributed by atoms with Gasteiger partial charge in [0.05, 0.1) is 6.20 Å². The number of nitrogens with one attached hydrogen (secondary N) is 1. The molecule has 4 N–H and O–H groups in total. The Morgan fingerprint density at radius 3 is 2.96 bits per heavy atom. The predicted molar refractivity (Wildman–Crippen MR) is 84.9 cm³/mol. The highest BCUT2D eigenvalue weighted by Gasteiger charge is 2.15. The molecule has 114 valence electrons. The van der Waals surface area contributed by atoms with Gasteiger partial charge < -0.3 is 16.2 Å². The van der Waals surface area contributed by atoms with Crippen molar-refractivity contribution in [3.8, 4) is 17.1 Å². The quantitative estimate of drug-likeness (QED) is 0.501. The molecule has 0 aliphatic carbocycles. The zero-order chi connectivity index (χ0) is 16.0. The lowest BCUT2D eigenvalue weighted by Crippen LogP contribution is -2.00. The van der Waals surface area contributed by atoms with Gasteiger partial charge >= 0.3 is 0 Å². The summed E-state index contributed by atoms with van der Waals surface area (Å²) in [7, 11) is 1.76. The highest BCUT2D eigenvalue weighted by atomic mass is 16.3. The van der Waals surface area contributed by atoms with Crippen LogP contribution in [0.15, 0.2) is 30.6 Å². The number of hydrogen-bond acceptors (Lipinski definition) is 8. The molecule has 0 fully saturated rings. The van der Waals surface area contributed by atoms with E-state index in [4.69, 9.17) is 5.73 Å². The number of nitrogens with two attached hydrogens (primary N) is 1. The van der Waals surface area contributed by atoms with Crippen LogP contribution in [0.3, 0.4) is 0 Å². The van der Waals surface area contributed by atoms with E-state index in [9.17, 15) is 5.11 Å². The number of pyridine rings is 2. The van der Waals surface area contributed by atoms with Crippen molar-refractivity contribution in [1.82, 2.24) is 29.8 Å². The number of anilines is 2. The fraction of sp³-hybridized carbons (Fsp3) is 0.0714. The van der Waals surface area contributed by atoms with Gasteiger partial charge in [-0.2, -0.15) is 0 Å². The van der Waals surface area contributed by atoms with Crippen molar-refractivity contribution in [2.45, 2.75) is 0 Å². The van der Waals surface area contributed by atoms with E-state index < -0.39 is 0 Å². The first-order chi connectivity index (χ1) is 11.2. The number of aromatic hydroxyl groups is 1. The highest BCUT2D eigenvalue weighted by Crippen LogP contribution is 2.29. The largest absolute Gasteiger partial charge is 0.506 e. The van der Waals surface area contributed by atoms with Gasteiger partial charge in [0.15, 0.2) is 17.3 Å². The predicted octanol–water partition coefficient (Wildman–Crippen LogP) is 1.06. The Kier molecular flexibility index (Phi) is 2.73. The molecule has 0 aliphatic rings. The minimum absolute atomic E-state index is 0.109. The van der Waals surface area contributed by atoms with E-state index in [1.54, 1.807) is 31.4 Å². The molecule has 0 radical (unpaired) electrons. The zero-order valence-corrected chi connectivity index (χ0v) is 12.1. The highest BCUT2D eigenvalue weighted by molar-refractivity contribution is 5.98. The minimum Gasteiger partial charge on any atom is -0.506 e. The average molecular weight is 308 g/mol. The average Bonchev–Trinajstić information content (AvgIpc) is 2.96. The lowest BCUT2D eigenvalue weighted by Gasteiger charge is -2.07. The Hall–Kier alpha value is -3.49. The molecule has 9 heteroatoms. The molecule has 0 saturated carbocycles. The van der Waals surface area contributed by atoms with Gasteiger partial charge in [0.1, 0.15) is 17.1 Å². The maximum Gasteiger partial charge on any atom is 0.184 e. The van der Waals surface area contributed by atoms with Crippen molar-refractivity contribution in [1.29, 1.82) is 0 Å². The third kappa shape index (κ3) is 2.06. The first-order valence-electron chi connectivity index (χ1n) is 6.81. The van der Waals surface area contributed by atoms with Crippen molar-refractivity contribution >= 4 is 28.2 Å². The fourth-order valence-electron chi connectivity index (χ4n) is 2.39. The second kappa shape index (κ2) is 4.77. The Bertz CT molecular complexity index is 1040. The Morgan fingerprint density at radius 1 is 1.26 bits per heavy atom. The number of nitrogens with zero attached hydrogens (tertiary/aromatic N) is 6. The van der Waals surface area contributed by atoms with Gasteiger partial charge in [-0.3, -0.25) is 0 Å². The lowest BCUT2D eigenvalue weighted by atomic mass is 10.1. The van der Waals surface area contributed by atoms with Crippen LogP contribution in [0.1, 0.15) is 0 Å². The number of aromatic nitrogens is 6. The summed E-state index contributed by atoms with van der Waals surface area (Å²) in [4.78, 5) is 8.78. The van der Waals surface area contributed by atoms with Crippen molar-refractivity contribution in [2.24, 2.45) is 0 Å². The molecule has 0 atom stereocenters. The van der Waals surface area contributed by atoms with Crippen LogP contribution < -0.4 is 11.1 Å². The molecular weight excluding hydrogens is 296 g/mol. The van der Waals surface area contributed by atoms with E-state index in [2.05, 4.69) is 30.6 Å². The summed E-state index contributed by atoms with van der Waals surface area (Å²) in [5, 5.41) is 25.6. The van der Waals surface area contributed by atoms with Crippen molar-refractivity contribution in [3.05, 3.63) is 30.6 Å². The minimum atomic E-state index is 0.109. The Labute approximate surface area is 129 Å². The Balaban J connectivity index is 2.01. The SMILES string of the molecule is CNc1ncc(-c2nc3ccc(O)cn3n2)c2cc(N)nnc12. The second-order valence-corrected chi connectivity index (χ2v) is 4.93. The summed E-state index contributed by atoms with van der Waals surface area (Å²) >= 11 is 0. The lowest BCUT2D eigenvalue weighted by molar-refractivity contribution is 0.470. The summed E-state index contributed by atoms with van der Waals surface area (Å²) in [6.07, 6.45) is 3.14. The number of hydrogen-bond donors (Lipinski definition) is 3. The molecule has 4 aromatic heterocycles. The van der Waals surface area contributed by atoms with Gasteiger partial charge in [0.25, 0.3) is 0 Å². The monoisotopic (exact) mass is 308 g/mol. The zero-order valence-electron chi connectivity index (χ0n) is 12.1. The topological polar surface area (TPSA) is 127 Å². The third-order valence-electron chi connectivity index (χ3n) is 3.44. The van der Waals surface area contributed by atoms with E-state index in [0.717, 1.165) is 5.39 Å². The van der Waals surface area contributed by atoms with E-state index >= 15 is 0 Å². The van der Waals surface area contributed by atoms with Crippen LogP contribution in [-0.4, -0.2) is 41.9 Å². The molecule has 0 aromatic carbocycles. The molecule has 0 saturated heterocycles. The summed E-state index contributed by atoms with van der Waals surface area (Å²) in [6.45, 7) is 0. The molecule has 0 spiro atoms. The molecule has 9 nitrogen and oxygen atoms in total. The van der Waals surface area contributed by atoms with Crippen LogP contribution in [0.5, 0.6) is 5.75 Å². The van der Waals surface area contributed by atoms with E-state index in [0.29, 0.717) is 34.2 Å². The standard InChI is InChI=1S/C14H12N8O/c1-16-14-12-8(4-10(15)19-20-12)9(5-17-14)13-18-11-3-2-7(23)6-22(11)21-13/h2-6,23H,1H3,(H2,15,19)(H,16,17). The summed E-state index contributed by atoms with van der Waals surface area (Å²) in [5.74, 6) is 1.46. The summed E-state index contributed by atoms with van der Waals surface area (Å²) in [6, 6.07) is 4.94. The van der Waals surface area contributed by atoms with Gasteiger partial charge in [0, 0.05) is 24.2 Å². The third-order valence-corrected chi connectivity index (χ3v) is 3.44. The molecule has 0 amide bonds. The Morgan fingerprint density at radius 2 is 2.13 bits per heavy atom. The smallest absolute Gasteiger partial charge is 0.184 e. The summed E-state index contributed by atoms with van der Waals surface area (Å²) < 4.78 is 1.50. The first kappa shape index (κ1) is 13.2. The van der Waals surface area contributed by atoms with Gasteiger partial charge in [-0.25, -0.2) is 14.5 Å². The van der Waals surface area contributed by atoms with Crippen LogP contribution in [0.4, 0.5) is 11.6 Å². The molecule has 4 aromatic rings. The van der Waals surface area contributed by atoms with Crippen LogP contribution >= 0.6 is 0 Å². The van der Waals surface area contributed by atoms with E-state index in [-0.39, 0.29) is 5.75 Å². The van der Waals surface area contributed by atoms with E-state index in [1.807, 2.05) is 0 Å². The molecule has 0 bridgehead atoms. The van der Waals surface area contributed by atoms with Crippen LogP contribution in [-0.2, 0) is 0 Å². The van der Waals surface area contributed by atoms with Gasteiger partial charge in [-0.05, 0) is 18.2 Å². The fourth-order valence-corrected chi connectivity index (χ4v) is 2.39. The van der Waals surface area contributed by atoms with Gasteiger partial charge in [-0.15, -0.1) is 15.3 Å². The van der Waals surface area contributed by atoms with Gasteiger partial charge in [0.2, 0.25) is 0 Å². The van der Waals surface area contributed by atoms with Gasteiger partial charge in [-0.1, -0.05) is 0 Å². The van der Waals surface area contributed by atoms with Crippen molar-refractivity contribution in [3.63, 3.8) is 0 Å². The number of nitrogen functional groups attached to an aromatic ring is 1. The summed E-state index contributed by atoms with van der Waals surface area (Å²) in [5.41, 5.74) is 7.64. The molecule has 0 aliphatic heterocycles. The number of rotatable bonds is 2. The van der Waals surface area contributed by atoms with E-state index in [1.165, 1.54) is 10.7 Å². The number of fused-ring (bicyclic) bond motifs is 2. The normalized spacial score (nSPS) is 11.2.